The summed E-state index contributed by atoms with van der Waals surface area (Å²) >= 11 is 0. The maximum Gasteiger partial charge on any atom is 0.266 e. The third-order valence-corrected chi connectivity index (χ3v) is 4.52. The molecule has 1 aromatic heterocycles. The summed E-state index contributed by atoms with van der Waals surface area (Å²) in [6, 6.07) is 14.8. The van der Waals surface area contributed by atoms with Crippen molar-refractivity contribution >= 4 is 28.7 Å². The molecule has 0 aliphatic rings. The van der Waals surface area contributed by atoms with Gasteiger partial charge in [0.05, 0.1) is 6.04 Å². The molecule has 150 valence electrons. The summed E-state index contributed by atoms with van der Waals surface area (Å²) in [5.74, 6) is -1.20. The molecule has 0 fully saturated rings. The minimum absolute atomic E-state index is 0.0440. The summed E-state index contributed by atoms with van der Waals surface area (Å²) < 4.78 is 5.53. The van der Waals surface area contributed by atoms with Crippen molar-refractivity contribution in [2.24, 2.45) is 0 Å². The van der Waals surface area contributed by atoms with Crippen LogP contribution < -0.4 is 10.6 Å². The van der Waals surface area contributed by atoms with E-state index in [1.165, 1.54) is 6.92 Å². The van der Waals surface area contributed by atoms with Gasteiger partial charge < -0.3 is 15.1 Å². The minimum atomic E-state index is -0.803. The second-order valence-corrected chi connectivity index (χ2v) is 6.76. The van der Waals surface area contributed by atoms with E-state index in [0.717, 1.165) is 5.56 Å². The van der Waals surface area contributed by atoms with Crippen molar-refractivity contribution in [1.29, 1.82) is 0 Å². The first kappa shape index (κ1) is 20.3. The summed E-state index contributed by atoms with van der Waals surface area (Å²) in [7, 11) is 0. The van der Waals surface area contributed by atoms with Crippen LogP contribution in [-0.4, -0.2) is 34.7 Å². The first-order valence-electron chi connectivity index (χ1n) is 9.49. The van der Waals surface area contributed by atoms with Gasteiger partial charge in [0, 0.05) is 13.3 Å². The Labute approximate surface area is 168 Å². The molecule has 0 saturated heterocycles. The van der Waals surface area contributed by atoms with Gasteiger partial charge in [-0.1, -0.05) is 49.4 Å². The number of nitrogens with one attached hydrogen (secondary N) is 2. The van der Waals surface area contributed by atoms with Crippen LogP contribution in [0, 0.1) is 0 Å². The van der Waals surface area contributed by atoms with Crippen LogP contribution in [0.5, 0.6) is 0 Å². The predicted octanol–water partition coefficient (Wildman–Crippen LogP) is 2.65. The quantitative estimate of drug-likeness (QED) is 0.573. The maximum absolute atomic E-state index is 12.8. The van der Waals surface area contributed by atoms with Crippen LogP contribution in [0.1, 0.15) is 36.5 Å². The number of amides is 2. The lowest BCUT2D eigenvalue weighted by Crippen LogP contribution is -2.52. The fourth-order valence-corrected chi connectivity index (χ4v) is 3.06. The standard InChI is InChI=1S/C22H23N3O4/c1-3-16(20(27)22-25-17-11-7-8-12-19(17)29-22)24-21(28)18(23-14(2)26)13-15-9-5-4-6-10-15/h4-12,16,18H,3,13H2,1-2H3,(H,23,26)(H,24,28)/t16-,18-/m0/s1. The molecule has 1 heterocycles. The van der Waals surface area contributed by atoms with Gasteiger partial charge in [-0.2, -0.15) is 0 Å². The number of para-hydroxylation sites is 2. The smallest absolute Gasteiger partial charge is 0.266 e. The highest BCUT2D eigenvalue weighted by Crippen LogP contribution is 2.16. The minimum Gasteiger partial charge on any atom is -0.434 e. The molecule has 2 N–H and O–H groups in total. The molecule has 3 rings (SSSR count). The van der Waals surface area contributed by atoms with Crippen molar-refractivity contribution in [3.8, 4) is 0 Å². The van der Waals surface area contributed by atoms with E-state index in [9.17, 15) is 14.4 Å². The number of hydrogen-bond acceptors (Lipinski definition) is 5. The predicted molar refractivity (Wildman–Crippen MR) is 108 cm³/mol. The summed E-state index contributed by atoms with van der Waals surface area (Å²) in [6.07, 6.45) is 0.682. The first-order chi connectivity index (χ1) is 14.0. The molecule has 29 heavy (non-hydrogen) atoms. The number of aromatic nitrogens is 1. The summed E-state index contributed by atoms with van der Waals surface area (Å²) in [5, 5.41) is 5.39. The van der Waals surface area contributed by atoms with E-state index in [2.05, 4.69) is 15.6 Å². The van der Waals surface area contributed by atoms with Gasteiger partial charge in [-0.25, -0.2) is 4.98 Å². The normalized spacial score (nSPS) is 12.9. The Morgan fingerprint density at radius 1 is 0.966 bits per heavy atom. The van der Waals surface area contributed by atoms with E-state index in [1.54, 1.807) is 31.2 Å². The van der Waals surface area contributed by atoms with E-state index < -0.39 is 23.8 Å². The molecule has 2 aromatic carbocycles. The van der Waals surface area contributed by atoms with Gasteiger partial charge in [-0.3, -0.25) is 14.4 Å². The zero-order valence-corrected chi connectivity index (χ0v) is 16.3. The molecule has 0 bridgehead atoms. The Morgan fingerprint density at radius 2 is 1.66 bits per heavy atom. The molecular weight excluding hydrogens is 370 g/mol. The van der Waals surface area contributed by atoms with Crippen molar-refractivity contribution in [3.05, 3.63) is 66.1 Å². The van der Waals surface area contributed by atoms with E-state index in [4.69, 9.17) is 4.42 Å². The number of carbonyl (C=O) groups is 3. The lowest BCUT2D eigenvalue weighted by atomic mass is 10.0. The average molecular weight is 393 g/mol. The number of carbonyl (C=O) groups excluding carboxylic acids is 3. The van der Waals surface area contributed by atoms with Crippen molar-refractivity contribution < 1.29 is 18.8 Å². The number of oxazole rings is 1. The fraction of sp³-hybridized carbons (Fsp3) is 0.273. The second kappa shape index (κ2) is 9.14. The summed E-state index contributed by atoms with van der Waals surface area (Å²) in [4.78, 5) is 41.4. The molecule has 0 aliphatic heterocycles. The van der Waals surface area contributed by atoms with Crippen LogP contribution in [-0.2, 0) is 16.0 Å². The number of fused-ring (bicyclic) bond motifs is 1. The highest BCUT2D eigenvalue weighted by molar-refractivity contribution is 6.00. The topological polar surface area (TPSA) is 101 Å². The number of hydrogen-bond donors (Lipinski definition) is 2. The second-order valence-electron chi connectivity index (χ2n) is 6.76. The Kier molecular flexibility index (Phi) is 6.39. The number of rotatable bonds is 8. The highest BCUT2D eigenvalue weighted by Gasteiger charge is 2.28. The first-order valence-corrected chi connectivity index (χ1v) is 9.49. The number of nitrogens with zero attached hydrogens (tertiary/aromatic N) is 1. The molecule has 0 saturated carbocycles. The maximum atomic E-state index is 12.8. The zero-order valence-electron chi connectivity index (χ0n) is 16.3. The number of benzene rings is 2. The van der Waals surface area contributed by atoms with Gasteiger partial charge >= 0.3 is 0 Å². The molecule has 0 aliphatic carbocycles. The summed E-state index contributed by atoms with van der Waals surface area (Å²) in [5.41, 5.74) is 1.99. The molecule has 0 unspecified atom stereocenters. The number of ketones is 1. The van der Waals surface area contributed by atoms with E-state index in [0.29, 0.717) is 23.9 Å². The van der Waals surface area contributed by atoms with Crippen LogP contribution in [0.4, 0.5) is 0 Å². The Morgan fingerprint density at radius 3 is 2.31 bits per heavy atom. The van der Waals surface area contributed by atoms with Gasteiger partial charge in [-0.15, -0.1) is 0 Å². The lowest BCUT2D eigenvalue weighted by Gasteiger charge is -2.21. The summed E-state index contributed by atoms with van der Waals surface area (Å²) in [6.45, 7) is 3.14. The van der Waals surface area contributed by atoms with Crippen LogP contribution in [0.3, 0.4) is 0 Å². The van der Waals surface area contributed by atoms with Crippen molar-refractivity contribution in [2.45, 2.75) is 38.8 Å². The molecule has 0 spiro atoms. The van der Waals surface area contributed by atoms with Crippen molar-refractivity contribution in [2.75, 3.05) is 0 Å². The fourth-order valence-electron chi connectivity index (χ4n) is 3.06. The van der Waals surface area contributed by atoms with E-state index in [-0.39, 0.29) is 11.8 Å². The molecule has 7 nitrogen and oxygen atoms in total. The highest BCUT2D eigenvalue weighted by atomic mass is 16.4. The molecule has 3 aromatic rings. The molecule has 0 radical (unpaired) electrons. The monoisotopic (exact) mass is 393 g/mol. The zero-order chi connectivity index (χ0) is 20.8. The Bertz CT molecular complexity index is 980. The largest absolute Gasteiger partial charge is 0.434 e. The molecular formula is C22H23N3O4. The van der Waals surface area contributed by atoms with Crippen LogP contribution in [0.25, 0.3) is 11.1 Å². The Balaban J connectivity index is 1.75. The SMILES string of the molecule is CC[C@H](NC(=O)[C@H](Cc1ccccc1)NC(C)=O)C(=O)c1nc2ccccc2o1. The van der Waals surface area contributed by atoms with Crippen molar-refractivity contribution in [3.63, 3.8) is 0 Å². The van der Waals surface area contributed by atoms with Gasteiger partial charge in [-0.05, 0) is 24.1 Å². The third kappa shape index (κ3) is 5.07. The molecule has 2 amide bonds. The third-order valence-electron chi connectivity index (χ3n) is 4.52. The van der Waals surface area contributed by atoms with Gasteiger partial charge in [0.1, 0.15) is 11.6 Å². The van der Waals surface area contributed by atoms with E-state index in [1.807, 2.05) is 30.3 Å². The van der Waals surface area contributed by atoms with Crippen LogP contribution in [0.2, 0.25) is 0 Å². The van der Waals surface area contributed by atoms with Gasteiger partial charge in [0.15, 0.2) is 5.58 Å². The average Bonchev–Trinajstić information content (AvgIpc) is 3.15. The van der Waals surface area contributed by atoms with Gasteiger partial charge in [0.25, 0.3) is 5.89 Å². The van der Waals surface area contributed by atoms with Gasteiger partial charge in [0.2, 0.25) is 17.6 Å². The molecule has 7 heteroatoms. The van der Waals surface area contributed by atoms with Crippen molar-refractivity contribution in [1.82, 2.24) is 15.6 Å². The number of Topliss-reactive ketones (excluding diaryl/α,β-unsaturated/α-hetero) is 1. The Hall–Kier alpha value is -3.48. The van der Waals surface area contributed by atoms with Crippen LogP contribution >= 0.6 is 0 Å². The van der Waals surface area contributed by atoms with E-state index >= 15 is 0 Å². The van der Waals surface area contributed by atoms with Crippen LogP contribution in [0.15, 0.2) is 59.0 Å². The molecule has 2 atom stereocenters. The lowest BCUT2D eigenvalue weighted by molar-refractivity contribution is -0.128.